The van der Waals surface area contributed by atoms with Crippen molar-refractivity contribution in [3.63, 3.8) is 0 Å². The Bertz CT molecular complexity index is 536. The number of hydrogen-bond donors (Lipinski definition) is 2. The van der Waals surface area contributed by atoms with Crippen LogP contribution in [-0.2, 0) is 9.22 Å². The van der Waals surface area contributed by atoms with E-state index in [1.807, 2.05) is 13.0 Å². The third-order valence-electron chi connectivity index (χ3n) is 6.91. The zero-order valence-electron chi connectivity index (χ0n) is 16.9. The lowest BCUT2D eigenvalue weighted by molar-refractivity contribution is -0.152. The molecule has 2 rings (SSSR count). The lowest BCUT2D eigenvalue weighted by Crippen LogP contribution is -2.55. The van der Waals surface area contributed by atoms with Crippen LogP contribution >= 0.6 is 0 Å². The van der Waals surface area contributed by atoms with Crippen LogP contribution < -0.4 is 0 Å². The number of carbonyl (C=O) groups is 1. The van der Waals surface area contributed by atoms with Crippen LogP contribution in [0.4, 0.5) is 0 Å². The minimum atomic E-state index is -2.03. The number of carboxylic acids is 1. The summed E-state index contributed by atoms with van der Waals surface area (Å²) in [5.41, 5.74) is -0.206. The summed E-state index contributed by atoms with van der Waals surface area (Å²) in [6.45, 7) is 15.3. The highest BCUT2D eigenvalue weighted by molar-refractivity contribution is 6.74. The molecule has 1 saturated carbocycles. The van der Waals surface area contributed by atoms with Crippen molar-refractivity contribution >= 4 is 14.3 Å². The third-order valence-corrected chi connectivity index (χ3v) is 11.4. The van der Waals surface area contributed by atoms with Gasteiger partial charge in [0, 0.05) is 18.6 Å². The van der Waals surface area contributed by atoms with E-state index in [4.69, 9.17) is 4.43 Å². The maximum absolute atomic E-state index is 12.0. The molecule has 6 unspecified atom stereocenters. The molecule has 25 heavy (non-hydrogen) atoms. The molecule has 2 aliphatic rings. The first-order chi connectivity index (χ1) is 11.3. The Kier molecular flexibility index (Phi) is 5.63. The van der Waals surface area contributed by atoms with Crippen molar-refractivity contribution < 1.29 is 19.4 Å². The number of rotatable bonds is 4. The van der Waals surface area contributed by atoms with Gasteiger partial charge in [0.1, 0.15) is 0 Å². The molecule has 144 valence electrons. The predicted molar refractivity (Wildman–Crippen MR) is 103 cm³/mol. The lowest BCUT2D eigenvalue weighted by Gasteiger charge is -2.53. The molecule has 2 N–H and O–H groups in total. The zero-order chi connectivity index (χ0) is 19.2. The van der Waals surface area contributed by atoms with E-state index in [-0.39, 0.29) is 40.9 Å². The van der Waals surface area contributed by atoms with E-state index in [0.717, 1.165) is 12.8 Å². The van der Waals surface area contributed by atoms with Gasteiger partial charge in [-0.2, -0.15) is 0 Å². The van der Waals surface area contributed by atoms with Gasteiger partial charge in [0.15, 0.2) is 8.32 Å². The van der Waals surface area contributed by atoms with Crippen LogP contribution in [0.2, 0.25) is 18.1 Å². The fourth-order valence-electron chi connectivity index (χ4n) is 4.36. The summed E-state index contributed by atoms with van der Waals surface area (Å²) in [6, 6.07) is 0. The first-order valence-electron chi connectivity index (χ1n) is 9.51. The van der Waals surface area contributed by atoms with Crippen molar-refractivity contribution in [1.29, 1.82) is 0 Å². The summed E-state index contributed by atoms with van der Waals surface area (Å²) in [5.74, 6) is -0.955. The summed E-state index contributed by atoms with van der Waals surface area (Å²) in [7, 11) is -2.03. The second-order valence-corrected chi connectivity index (χ2v) is 14.9. The summed E-state index contributed by atoms with van der Waals surface area (Å²) >= 11 is 0. The minimum Gasteiger partial charge on any atom is -0.481 e. The number of hydrogen-bond acceptors (Lipinski definition) is 3. The third kappa shape index (κ3) is 4.04. The van der Waals surface area contributed by atoms with Crippen LogP contribution in [0.1, 0.15) is 47.5 Å². The smallest absolute Gasteiger partial charge is 0.307 e. The highest BCUT2D eigenvalue weighted by atomic mass is 28.4. The van der Waals surface area contributed by atoms with Gasteiger partial charge in [-0.3, -0.25) is 4.79 Å². The molecule has 0 saturated heterocycles. The fourth-order valence-corrected chi connectivity index (χ4v) is 5.71. The molecule has 2 aliphatic carbocycles. The SMILES string of the molecule is CC1C=CC2CC(C)(CO)CC(O[Si](C)(C)C(C)(C)C)C2C1C(=O)O. The molecule has 0 spiro atoms. The Morgan fingerprint density at radius 3 is 2.36 bits per heavy atom. The number of fused-ring (bicyclic) bond motifs is 1. The Balaban J connectivity index is 2.42. The second-order valence-electron chi connectivity index (χ2n) is 10.1. The highest BCUT2D eigenvalue weighted by Gasteiger charge is 2.53. The van der Waals surface area contributed by atoms with E-state index in [0.29, 0.717) is 0 Å². The Hall–Kier alpha value is -0.653. The summed E-state index contributed by atoms with van der Waals surface area (Å²) in [4.78, 5) is 12.0. The summed E-state index contributed by atoms with van der Waals surface area (Å²) in [6.07, 6.45) is 5.70. The Morgan fingerprint density at radius 2 is 1.88 bits per heavy atom. The van der Waals surface area contributed by atoms with Crippen molar-refractivity contribution in [2.75, 3.05) is 6.61 Å². The zero-order valence-corrected chi connectivity index (χ0v) is 17.9. The molecule has 0 aromatic heterocycles. The Morgan fingerprint density at radius 1 is 1.28 bits per heavy atom. The molecule has 4 nitrogen and oxygen atoms in total. The van der Waals surface area contributed by atoms with Gasteiger partial charge in [-0.15, -0.1) is 0 Å². The van der Waals surface area contributed by atoms with Gasteiger partial charge in [0.25, 0.3) is 0 Å². The van der Waals surface area contributed by atoms with Gasteiger partial charge < -0.3 is 14.6 Å². The largest absolute Gasteiger partial charge is 0.481 e. The molecular formula is C20H36O4Si. The van der Waals surface area contributed by atoms with Gasteiger partial charge in [0.2, 0.25) is 0 Å². The molecular weight excluding hydrogens is 332 g/mol. The molecule has 6 atom stereocenters. The molecule has 0 aromatic carbocycles. The topological polar surface area (TPSA) is 66.8 Å². The number of aliphatic hydroxyl groups excluding tert-OH is 1. The van der Waals surface area contributed by atoms with Crippen molar-refractivity contribution in [2.45, 2.75) is 71.7 Å². The van der Waals surface area contributed by atoms with Gasteiger partial charge >= 0.3 is 5.97 Å². The maximum Gasteiger partial charge on any atom is 0.307 e. The molecule has 0 radical (unpaired) electrons. The van der Waals surface area contributed by atoms with Crippen LogP contribution in [0.25, 0.3) is 0 Å². The molecule has 0 heterocycles. The fraction of sp³-hybridized carbons (Fsp3) is 0.850. The highest BCUT2D eigenvalue weighted by Crippen LogP contribution is 2.52. The van der Waals surface area contributed by atoms with Gasteiger partial charge in [-0.1, -0.05) is 46.8 Å². The first-order valence-corrected chi connectivity index (χ1v) is 12.4. The lowest BCUT2D eigenvalue weighted by atomic mass is 9.58. The molecule has 0 amide bonds. The summed E-state index contributed by atoms with van der Waals surface area (Å²) in [5, 5.41) is 19.9. The van der Waals surface area contributed by atoms with Crippen LogP contribution in [0.5, 0.6) is 0 Å². The minimum absolute atomic E-state index is 0.00810. The standard InChI is InChI=1S/C20H36O4Si/c1-13-8-9-14-10-20(5,12-21)11-15(17(14)16(13)18(22)23)24-25(6,7)19(2,3)4/h8-9,13-17,21H,10-12H2,1-7H3,(H,22,23). The summed E-state index contributed by atoms with van der Waals surface area (Å²) < 4.78 is 6.77. The van der Waals surface area contributed by atoms with Crippen LogP contribution in [0.15, 0.2) is 12.2 Å². The Labute approximate surface area is 153 Å². The number of aliphatic hydroxyl groups is 1. The van der Waals surface area contributed by atoms with Crippen molar-refractivity contribution in [2.24, 2.45) is 29.1 Å². The van der Waals surface area contributed by atoms with Gasteiger partial charge in [-0.05, 0) is 48.2 Å². The van der Waals surface area contributed by atoms with Crippen LogP contribution in [0, 0.1) is 29.1 Å². The molecule has 1 fully saturated rings. The van der Waals surface area contributed by atoms with Crippen LogP contribution in [0.3, 0.4) is 0 Å². The van der Waals surface area contributed by atoms with E-state index in [1.165, 1.54) is 0 Å². The molecule has 0 bridgehead atoms. The second kappa shape index (κ2) is 6.82. The number of carboxylic acid groups (broad SMARTS) is 1. The van der Waals surface area contributed by atoms with Gasteiger partial charge in [0.05, 0.1) is 5.92 Å². The van der Waals surface area contributed by atoms with E-state index >= 15 is 0 Å². The average Bonchev–Trinajstić information content (AvgIpc) is 2.46. The van der Waals surface area contributed by atoms with Crippen molar-refractivity contribution in [1.82, 2.24) is 0 Å². The quantitative estimate of drug-likeness (QED) is 0.573. The average molecular weight is 369 g/mol. The van der Waals surface area contributed by atoms with Crippen LogP contribution in [-0.4, -0.2) is 37.2 Å². The first kappa shape index (κ1) is 20.7. The van der Waals surface area contributed by atoms with E-state index in [1.54, 1.807) is 0 Å². The van der Waals surface area contributed by atoms with Crippen molar-refractivity contribution in [3.05, 3.63) is 12.2 Å². The van der Waals surface area contributed by atoms with Crippen molar-refractivity contribution in [3.8, 4) is 0 Å². The predicted octanol–water partition coefficient (Wildman–Crippen LogP) is 4.31. The number of aliphatic carboxylic acids is 1. The molecule has 5 heteroatoms. The molecule has 0 aliphatic heterocycles. The molecule has 0 aromatic rings. The normalized spacial score (nSPS) is 39.1. The van der Waals surface area contributed by atoms with E-state index in [2.05, 4.69) is 46.9 Å². The maximum atomic E-state index is 12.0. The van der Waals surface area contributed by atoms with Gasteiger partial charge in [-0.25, -0.2) is 0 Å². The van der Waals surface area contributed by atoms with E-state index in [9.17, 15) is 15.0 Å². The number of allylic oxidation sites excluding steroid dienone is 2. The van der Waals surface area contributed by atoms with E-state index < -0.39 is 20.2 Å². The monoisotopic (exact) mass is 368 g/mol.